The molecule has 2 fully saturated rings. The molecule has 2 bridgehead atoms. The Balaban J connectivity index is 1.60. The second kappa shape index (κ2) is 8.49. The van der Waals surface area contributed by atoms with Crippen molar-refractivity contribution in [1.82, 2.24) is 0 Å². The van der Waals surface area contributed by atoms with E-state index in [-0.39, 0.29) is 23.1 Å². The quantitative estimate of drug-likeness (QED) is 0.549. The number of aliphatic imine (C=N–C) groups is 2. The summed E-state index contributed by atoms with van der Waals surface area (Å²) in [6.45, 7) is 8.60. The highest BCUT2D eigenvalue weighted by Crippen LogP contribution is 2.51. The van der Waals surface area contributed by atoms with Crippen molar-refractivity contribution >= 4 is 12.4 Å². The molecular weight excluding hydrogens is 384 g/mol. The highest BCUT2D eigenvalue weighted by atomic mass is 16.3. The average Bonchev–Trinajstić information content (AvgIpc) is 3.30. The third-order valence-corrected chi connectivity index (χ3v) is 7.10. The molecule has 0 amide bonds. The molecule has 4 nitrogen and oxygen atoms in total. The van der Waals surface area contributed by atoms with Crippen molar-refractivity contribution < 1.29 is 10.2 Å². The molecule has 2 aromatic rings. The highest BCUT2D eigenvalue weighted by Gasteiger charge is 2.52. The summed E-state index contributed by atoms with van der Waals surface area (Å²) in [6.07, 6.45) is 7.99. The molecule has 164 valence electrons. The second-order valence-corrected chi connectivity index (χ2v) is 9.95. The predicted molar refractivity (Wildman–Crippen MR) is 128 cm³/mol. The number of fused-ring (bicyclic) bond motifs is 2. The normalized spacial score (nSPS) is 25.6. The molecule has 0 heterocycles. The van der Waals surface area contributed by atoms with Crippen molar-refractivity contribution in [3.05, 3.63) is 58.7 Å². The van der Waals surface area contributed by atoms with Gasteiger partial charge in [0.05, 0.1) is 11.6 Å². The molecule has 2 aliphatic carbocycles. The summed E-state index contributed by atoms with van der Waals surface area (Å²) in [5.74, 6) is 2.00. The first kappa shape index (κ1) is 21.6. The van der Waals surface area contributed by atoms with Crippen molar-refractivity contribution in [1.29, 1.82) is 0 Å². The van der Waals surface area contributed by atoms with E-state index < -0.39 is 0 Å². The SMILES string of the molecule is CC(C)c1ccc(O)c(C=NC2CC3CCC2(N=Cc2cc(C(C)C)ccc2O)C3)c1. The van der Waals surface area contributed by atoms with Crippen LogP contribution in [0.2, 0.25) is 0 Å². The summed E-state index contributed by atoms with van der Waals surface area (Å²) in [5, 5.41) is 20.6. The molecule has 4 rings (SSSR count). The predicted octanol–water partition coefficient (Wildman–Crippen LogP) is 6.19. The molecule has 0 aromatic heterocycles. The molecule has 0 radical (unpaired) electrons. The van der Waals surface area contributed by atoms with Gasteiger partial charge in [-0.25, -0.2) is 0 Å². The molecular formula is C27H34N2O2. The fourth-order valence-electron chi connectivity index (χ4n) is 5.04. The zero-order chi connectivity index (χ0) is 22.2. The van der Waals surface area contributed by atoms with Crippen LogP contribution in [0.1, 0.15) is 87.5 Å². The first-order valence-corrected chi connectivity index (χ1v) is 11.5. The Morgan fingerprint density at radius 1 is 0.903 bits per heavy atom. The second-order valence-electron chi connectivity index (χ2n) is 9.95. The Morgan fingerprint density at radius 2 is 1.48 bits per heavy atom. The number of rotatable bonds is 6. The third-order valence-electron chi connectivity index (χ3n) is 7.10. The van der Waals surface area contributed by atoms with Crippen molar-refractivity contribution in [3.8, 4) is 11.5 Å². The van der Waals surface area contributed by atoms with Gasteiger partial charge in [-0.05, 0) is 78.8 Å². The molecule has 0 spiro atoms. The first-order chi connectivity index (χ1) is 14.8. The maximum Gasteiger partial charge on any atom is 0.124 e. The molecule has 3 atom stereocenters. The number of hydrogen-bond donors (Lipinski definition) is 2. The lowest BCUT2D eigenvalue weighted by Crippen LogP contribution is -2.34. The summed E-state index contributed by atoms with van der Waals surface area (Å²) in [4.78, 5) is 9.98. The van der Waals surface area contributed by atoms with E-state index in [2.05, 4.69) is 27.7 Å². The minimum absolute atomic E-state index is 0.111. The van der Waals surface area contributed by atoms with Crippen LogP contribution >= 0.6 is 0 Å². The van der Waals surface area contributed by atoms with Gasteiger partial charge in [-0.2, -0.15) is 0 Å². The fourth-order valence-corrected chi connectivity index (χ4v) is 5.04. The van der Waals surface area contributed by atoms with Crippen molar-refractivity contribution in [2.24, 2.45) is 15.9 Å². The molecule has 2 aromatic carbocycles. The van der Waals surface area contributed by atoms with Crippen LogP contribution < -0.4 is 0 Å². The lowest BCUT2D eigenvalue weighted by molar-refractivity contribution is 0.367. The van der Waals surface area contributed by atoms with Crippen LogP contribution in [-0.2, 0) is 0 Å². The smallest absolute Gasteiger partial charge is 0.124 e. The Hall–Kier alpha value is -2.62. The molecule has 3 unspecified atom stereocenters. The van der Waals surface area contributed by atoms with Crippen LogP contribution in [0, 0.1) is 5.92 Å². The minimum atomic E-state index is -0.202. The van der Waals surface area contributed by atoms with E-state index >= 15 is 0 Å². The molecule has 2 saturated carbocycles. The van der Waals surface area contributed by atoms with Crippen LogP contribution in [0.3, 0.4) is 0 Å². The molecule has 2 aliphatic rings. The molecule has 2 N–H and O–H groups in total. The van der Waals surface area contributed by atoms with E-state index in [1.807, 2.05) is 36.7 Å². The van der Waals surface area contributed by atoms with Crippen LogP contribution in [0.4, 0.5) is 0 Å². The maximum absolute atomic E-state index is 10.3. The summed E-state index contributed by atoms with van der Waals surface area (Å²) < 4.78 is 0. The van der Waals surface area contributed by atoms with Crippen LogP contribution in [-0.4, -0.2) is 34.2 Å². The van der Waals surface area contributed by atoms with Gasteiger partial charge in [0, 0.05) is 23.6 Å². The van der Waals surface area contributed by atoms with E-state index in [1.165, 1.54) is 17.5 Å². The van der Waals surface area contributed by atoms with Gasteiger partial charge in [0.15, 0.2) is 0 Å². The summed E-state index contributed by atoms with van der Waals surface area (Å²) in [7, 11) is 0. The molecule has 31 heavy (non-hydrogen) atoms. The van der Waals surface area contributed by atoms with E-state index in [9.17, 15) is 10.2 Å². The van der Waals surface area contributed by atoms with Gasteiger partial charge in [0.2, 0.25) is 0 Å². The zero-order valence-corrected chi connectivity index (χ0v) is 19.0. The van der Waals surface area contributed by atoms with Crippen LogP contribution in [0.25, 0.3) is 0 Å². The van der Waals surface area contributed by atoms with Gasteiger partial charge in [-0.1, -0.05) is 39.8 Å². The number of aromatic hydroxyl groups is 2. The summed E-state index contributed by atoms with van der Waals surface area (Å²) in [5.41, 5.74) is 3.74. The summed E-state index contributed by atoms with van der Waals surface area (Å²) >= 11 is 0. The Kier molecular flexibility index (Phi) is 5.92. The average molecular weight is 419 g/mol. The minimum Gasteiger partial charge on any atom is -0.507 e. The summed E-state index contributed by atoms with van der Waals surface area (Å²) in [6, 6.07) is 11.6. The Labute approximate surface area is 185 Å². The lowest BCUT2D eigenvalue weighted by Gasteiger charge is -2.28. The standard InChI is InChI=1S/C27H34N2O2/c1-17(2)20-5-7-24(30)22(12-20)15-28-26-11-19-9-10-27(26,14-19)29-16-23-13-21(18(3)4)6-8-25(23)31/h5-8,12-13,15-19,26,30-31H,9-11,14H2,1-4H3. The van der Waals surface area contributed by atoms with Gasteiger partial charge < -0.3 is 10.2 Å². The first-order valence-electron chi connectivity index (χ1n) is 11.5. The van der Waals surface area contributed by atoms with E-state index in [4.69, 9.17) is 9.98 Å². The monoisotopic (exact) mass is 418 g/mol. The molecule has 4 heteroatoms. The van der Waals surface area contributed by atoms with E-state index in [0.29, 0.717) is 17.8 Å². The van der Waals surface area contributed by atoms with E-state index in [1.54, 1.807) is 12.1 Å². The molecule has 0 aliphatic heterocycles. The lowest BCUT2D eigenvalue weighted by atomic mass is 9.89. The Bertz CT molecular complexity index is 1010. The van der Waals surface area contributed by atoms with Crippen molar-refractivity contribution in [2.75, 3.05) is 0 Å². The van der Waals surface area contributed by atoms with Gasteiger partial charge in [-0.3, -0.25) is 9.98 Å². The van der Waals surface area contributed by atoms with Crippen molar-refractivity contribution in [3.63, 3.8) is 0 Å². The zero-order valence-electron chi connectivity index (χ0n) is 19.0. The fraction of sp³-hybridized carbons (Fsp3) is 0.481. The number of phenolic OH excluding ortho intramolecular Hbond substituents is 2. The topological polar surface area (TPSA) is 65.2 Å². The number of benzene rings is 2. The number of hydrogen-bond acceptors (Lipinski definition) is 4. The number of nitrogens with zero attached hydrogens (tertiary/aromatic N) is 2. The largest absolute Gasteiger partial charge is 0.507 e. The van der Waals surface area contributed by atoms with Crippen LogP contribution in [0.5, 0.6) is 11.5 Å². The Morgan fingerprint density at radius 3 is 2.03 bits per heavy atom. The highest BCUT2D eigenvalue weighted by molar-refractivity contribution is 5.85. The van der Waals surface area contributed by atoms with Gasteiger partial charge >= 0.3 is 0 Å². The van der Waals surface area contributed by atoms with Crippen LogP contribution in [0.15, 0.2) is 46.4 Å². The van der Waals surface area contributed by atoms with E-state index in [0.717, 1.165) is 30.4 Å². The van der Waals surface area contributed by atoms with Crippen molar-refractivity contribution in [2.45, 2.75) is 76.8 Å². The van der Waals surface area contributed by atoms with Gasteiger partial charge in [0.1, 0.15) is 11.5 Å². The third kappa shape index (κ3) is 4.39. The number of phenols is 2. The van der Waals surface area contributed by atoms with Gasteiger partial charge in [0.25, 0.3) is 0 Å². The van der Waals surface area contributed by atoms with Gasteiger partial charge in [-0.15, -0.1) is 0 Å². The maximum atomic E-state index is 10.3. The molecule has 0 saturated heterocycles.